The number of nitrogens with zero attached hydrogens (tertiary/aromatic N) is 1. The van der Waals surface area contributed by atoms with E-state index in [1.807, 2.05) is 31.2 Å². The van der Waals surface area contributed by atoms with E-state index >= 15 is 0 Å². The number of thioether (sulfide) groups is 1. The minimum atomic E-state index is -0.0230. The Hall–Kier alpha value is -1.11. The highest BCUT2D eigenvalue weighted by molar-refractivity contribution is 8.01. The topological polar surface area (TPSA) is 62.2 Å². The van der Waals surface area contributed by atoms with Gasteiger partial charge in [0.05, 0.1) is 16.0 Å². The van der Waals surface area contributed by atoms with Crippen LogP contribution in [-0.4, -0.2) is 34.4 Å². The number of carbonyl (C=O) groups is 1. The van der Waals surface area contributed by atoms with Crippen LogP contribution >= 0.6 is 23.1 Å². The highest BCUT2D eigenvalue weighted by atomic mass is 32.2. The van der Waals surface area contributed by atoms with Gasteiger partial charge in [-0.25, -0.2) is 4.98 Å². The average Bonchev–Trinajstić information content (AvgIpc) is 2.79. The molecule has 0 aliphatic rings. The fourth-order valence-corrected chi connectivity index (χ4v) is 3.50. The van der Waals surface area contributed by atoms with Crippen LogP contribution < -0.4 is 5.32 Å². The maximum atomic E-state index is 11.7. The molecule has 0 bridgehead atoms. The third kappa shape index (κ3) is 4.19. The Kier molecular flexibility index (Phi) is 5.18. The van der Waals surface area contributed by atoms with Crippen LogP contribution in [-0.2, 0) is 4.79 Å². The summed E-state index contributed by atoms with van der Waals surface area (Å²) < 4.78 is 2.05. The van der Waals surface area contributed by atoms with E-state index in [1.165, 1.54) is 11.8 Å². The van der Waals surface area contributed by atoms with Crippen molar-refractivity contribution in [1.82, 2.24) is 10.3 Å². The molecular weight excluding hydrogens is 280 g/mol. The third-order valence-corrected chi connectivity index (χ3v) is 4.75. The monoisotopic (exact) mass is 296 g/mol. The van der Waals surface area contributed by atoms with Crippen molar-refractivity contribution in [2.45, 2.75) is 23.7 Å². The summed E-state index contributed by atoms with van der Waals surface area (Å²) in [6.45, 7) is 1.98. The summed E-state index contributed by atoms with van der Waals surface area (Å²) >= 11 is 3.05. The van der Waals surface area contributed by atoms with Crippen LogP contribution in [0.2, 0.25) is 0 Å². The number of hydrogen-bond donors (Lipinski definition) is 2. The summed E-state index contributed by atoms with van der Waals surface area (Å²) in [5, 5.41) is 11.6. The Balaban J connectivity index is 1.86. The van der Waals surface area contributed by atoms with E-state index in [4.69, 9.17) is 5.11 Å². The number of aromatic nitrogens is 1. The fraction of sp³-hybridized carbons (Fsp3) is 0.385. The van der Waals surface area contributed by atoms with Gasteiger partial charge in [0.1, 0.15) is 0 Å². The molecule has 0 saturated heterocycles. The highest BCUT2D eigenvalue weighted by Gasteiger charge is 2.09. The second-order valence-electron chi connectivity index (χ2n) is 4.22. The lowest BCUT2D eigenvalue weighted by Gasteiger charge is -2.11. The molecule has 1 heterocycles. The highest BCUT2D eigenvalue weighted by Crippen LogP contribution is 2.28. The van der Waals surface area contributed by atoms with E-state index in [2.05, 4.69) is 10.3 Å². The maximum absolute atomic E-state index is 11.7. The van der Waals surface area contributed by atoms with Gasteiger partial charge in [-0.05, 0) is 25.5 Å². The largest absolute Gasteiger partial charge is 0.396 e. The Morgan fingerprint density at radius 2 is 2.32 bits per heavy atom. The van der Waals surface area contributed by atoms with Gasteiger partial charge in [-0.3, -0.25) is 4.79 Å². The van der Waals surface area contributed by atoms with Gasteiger partial charge in [0.15, 0.2) is 4.34 Å². The van der Waals surface area contributed by atoms with Crippen molar-refractivity contribution < 1.29 is 9.90 Å². The van der Waals surface area contributed by atoms with Crippen LogP contribution in [0.5, 0.6) is 0 Å². The summed E-state index contributed by atoms with van der Waals surface area (Å²) in [5.74, 6) is 0.334. The number of fused-ring (bicyclic) bond motifs is 1. The second kappa shape index (κ2) is 6.88. The van der Waals surface area contributed by atoms with Gasteiger partial charge in [0, 0.05) is 12.6 Å². The van der Waals surface area contributed by atoms with Gasteiger partial charge in [-0.2, -0.15) is 0 Å². The van der Waals surface area contributed by atoms with Crippen LogP contribution in [0.1, 0.15) is 13.3 Å². The smallest absolute Gasteiger partial charge is 0.230 e. The zero-order chi connectivity index (χ0) is 13.7. The fourth-order valence-electron chi connectivity index (χ4n) is 1.62. The summed E-state index contributed by atoms with van der Waals surface area (Å²) in [6.07, 6.45) is 0.581. The lowest BCUT2D eigenvalue weighted by atomic mass is 10.2. The lowest BCUT2D eigenvalue weighted by Crippen LogP contribution is -2.34. The van der Waals surface area contributed by atoms with E-state index in [1.54, 1.807) is 11.3 Å². The number of para-hydroxylation sites is 1. The molecule has 2 N–H and O–H groups in total. The molecule has 1 aromatic heterocycles. The minimum Gasteiger partial charge on any atom is -0.396 e. The van der Waals surface area contributed by atoms with Crippen LogP contribution in [0, 0.1) is 0 Å². The van der Waals surface area contributed by atoms with E-state index < -0.39 is 0 Å². The Bertz CT molecular complexity index is 523. The molecular formula is C13H16N2O2S2. The number of nitrogens with one attached hydrogen (secondary N) is 1. The second-order valence-corrected chi connectivity index (χ2v) is 6.47. The molecule has 1 amide bonds. The minimum absolute atomic E-state index is 0.00784. The summed E-state index contributed by atoms with van der Waals surface area (Å²) in [4.78, 5) is 16.1. The van der Waals surface area contributed by atoms with Gasteiger partial charge < -0.3 is 10.4 Å². The lowest BCUT2D eigenvalue weighted by molar-refractivity contribution is -0.119. The van der Waals surface area contributed by atoms with Gasteiger partial charge in [-0.1, -0.05) is 23.9 Å². The van der Waals surface area contributed by atoms with Crippen LogP contribution in [0.4, 0.5) is 0 Å². The van der Waals surface area contributed by atoms with Crippen LogP contribution in [0.25, 0.3) is 10.2 Å². The van der Waals surface area contributed by atoms with Gasteiger partial charge >= 0.3 is 0 Å². The van der Waals surface area contributed by atoms with Gasteiger partial charge in [-0.15, -0.1) is 11.3 Å². The molecule has 4 nitrogen and oxygen atoms in total. The molecule has 102 valence electrons. The Morgan fingerprint density at radius 1 is 1.53 bits per heavy atom. The zero-order valence-electron chi connectivity index (χ0n) is 10.6. The average molecular weight is 296 g/mol. The normalized spacial score (nSPS) is 12.5. The zero-order valence-corrected chi connectivity index (χ0v) is 12.3. The van der Waals surface area contributed by atoms with Crippen molar-refractivity contribution >= 4 is 39.2 Å². The van der Waals surface area contributed by atoms with Gasteiger partial charge in [0.2, 0.25) is 5.91 Å². The number of amides is 1. The Labute approximate surface area is 120 Å². The summed E-state index contributed by atoms with van der Waals surface area (Å²) in [7, 11) is 0. The van der Waals surface area contributed by atoms with E-state index in [0.29, 0.717) is 12.2 Å². The first-order chi connectivity index (χ1) is 9.19. The summed E-state index contributed by atoms with van der Waals surface area (Å²) in [5.41, 5.74) is 0.976. The molecule has 1 aromatic carbocycles. The van der Waals surface area contributed by atoms with Crippen LogP contribution in [0.3, 0.4) is 0 Å². The van der Waals surface area contributed by atoms with Crippen molar-refractivity contribution in [2.75, 3.05) is 12.4 Å². The molecule has 0 spiro atoms. The number of benzene rings is 1. The predicted octanol–water partition coefficient (Wildman–Crippen LogP) is 2.28. The number of hydrogen-bond acceptors (Lipinski definition) is 5. The van der Waals surface area contributed by atoms with Crippen molar-refractivity contribution in [3.05, 3.63) is 24.3 Å². The molecule has 6 heteroatoms. The number of thiazole rings is 1. The Morgan fingerprint density at radius 3 is 3.05 bits per heavy atom. The van der Waals surface area contributed by atoms with E-state index in [0.717, 1.165) is 14.6 Å². The number of carbonyl (C=O) groups excluding carboxylic acids is 1. The van der Waals surface area contributed by atoms with Crippen molar-refractivity contribution in [3.8, 4) is 0 Å². The molecule has 0 aliphatic heterocycles. The summed E-state index contributed by atoms with van der Waals surface area (Å²) in [6, 6.07) is 7.95. The maximum Gasteiger partial charge on any atom is 0.230 e. The molecule has 0 saturated carbocycles. The first kappa shape index (κ1) is 14.3. The first-order valence-electron chi connectivity index (χ1n) is 6.07. The molecule has 0 fully saturated rings. The number of rotatable bonds is 6. The molecule has 0 radical (unpaired) electrons. The van der Waals surface area contributed by atoms with Crippen molar-refractivity contribution in [2.24, 2.45) is 0 Å². The van der Waals surface area contributed by atoms with Crippen molar-refractivity contribution in [3.63, 3.8) is 0 Å². The first-order valence-corrected chi connectivity index (χ1v) is 7.88. The standard InChI is InChI=1S/C13H16N2O2S2/c1-9(6-7-16)14-12(17)8-18-13-15-10-4-2-3-5-11(10)19-13/h2-5,9,16H,6-8H2,1H3,(H,14,17)/t9-/m1/s1. The SMILES string of the molecule is C[C@H](CCO)NC(=O)CSc1nc2ccccc2s1. The quantitative estimate of drug-likeness (QED) is 0.803. The predicted molar refractivity (Wildman–Crippen MR) is 79.7 cm³/mol. The van der Waals surface area contributed by atoms with Crippen LogP contribution in [0.15, 0.2) is 28.6 Å². The van der Waals surface area contributed by atoms with E-state index in [9.17, 15) is 4.79 Å². The molecule has 19 heavy (non-hydrogen) atoms. The molecule has 1 atom stereocenters. The molecule has 2 rings (SSSR count). The number of aliphatic hydroxyl groups is 1. The molecule has 0 aliphatic carbocycles. The van der Waals surface area contributed by atoms with Crippen molar-refractivity contribution in [1.29, 1.82) is 0 Å². The number of aliphatic hydroxyl groups excluding tert-OH is 1. The van der Waals surface area contributed by atoms with Gasteiger partial charge in [0.25, 0.3) is 0 Å². The molecule has 2 aromatic rings. The third-order valence-electron chi connectivity index (χ3n) is 2.57. The van der Waals surface area contributed by atoms with E-state index in [-0.39, 0.29) is 18.6 Å². The molecule has 0 unspecified atom stereocenters.